The summed E-state index contributed by atoms with van der Waals surface area (Å²) in [7, 11) is 0. The Morgan fingerprint density at radius 2 is 1.71 bits per heavy atom. The Balaban J connectivity index is 1.94. The number of ether oxygens (including phenoxy) is 1. The van der Waals surface area contributed by atoms with E-state index < -0.39 is 11.6 Å². The highest BCUT2D eigenvalue weighted by Gasteiger charge is 2.65. The van der Waals surface area contributed by atoms with Crippen LogP contribution in [0.15, 0.2) is 54.6 Å². The van der Waals surface area contributed by atoms with Crippen molar-refractivity contribution >= 4 is 5.91 Å². The smallest absolute Gasteiger partial charge is 0.256 e. The lowest BCUT2D eigenvalue weighted by Crippen LogP contribution is -2.75. The number of rotatable bonds is 2. The number of β-lactam (4-membered cyclic amide) rings is 1. The monoisotopic (exact) mass is 321 g/mol. The first-order valence-electron chi connectivity index (χ1n) is 8.58. The molecule has 0 saturated carbocycles. The Hall–Kier alpha value is -2.13. The maximum atomic E-state index is 12.9. The van der Waals surface area contributed by atoms with Crippen molar-refractivity contribution < 1.29 is 9.53 Å². The van der Waals surface area contributed by atoms with Crippen molar-refractivity contribution in [3.63, 3.8) is 0 Å². The SMILES string of the molecule is CC(C)(C)OC1C(=O)N2CCc3ccccc3C12c1ccccc1. The minimum atomic E-state index is -0.500. The summed E-state index contributed by atoms with van der Waals surface area (Å²) in [4.78, 5) is 14.9. The molecule has 3 heteroatoms. The molecule has 0 N–H and O–H groups in total. The van der Waals surface area contributed by atoms with Gasteiger partial charge in [0.2, 0.25) is 0 Å². The van der Waals surface area contributed by atoms with Crippen LogP contribution >= 0.6 is 0 Å². The Bertz CT molecular complexity index is 778. The van der Waals surface area contributed by atoms with Crippen LogP contribution in [0.2, 0.25) is 0 Å². The van der Waals surface area contributed by atoms with Crippen molar-refractivity contribution in [3.05, 3.63) is 71.3 Å². The molecule has 2 aliphatic rings. The van der Waals surface area contributed by atoms with E-state index in [9.17, 15) is 4.79 Å². The summed E-state index contributed by atoms with van der Waals surface area (Å²) in [5, 5.41) is 0. The molecule has 0 aliphatic carbocycles. The van der Waals surface area contributed by atoms with Crippen LogP contribution in [0.1, 0.15) is 37.5 Å². The molecule has 0 radical (unpaired) electrons. The Kier molecular flexibility index (Phi) is 3.33. The van der Waals surface area contributed by atoms with Gasteiger partial charge in [0.1, 0.15) is 5.54 Å². The average molecular weight is 321 g/mol. The molecule has 3 nitrogen and oxygen atoms in total. The molecule has 0 spiro atoms. The molecule has 2 atom stereocenters. The fraction of sp³-hybridized carbons (Fsp3) is 0.381. The third-order valence-electron chi connectivity index (χ3n) is 5.01. The fourth-order valence-electron chi connectivity index (χ4n) is 4.13. The first kappa shape index (κ1) is 15.4. The third-order valence-corrected chi connectivity index (χ3v) is 5.01. The van der Waals surface area contributed by atoms with Gasteiger partial charge in [0.25, 0.3) is 5.91 Å². The Morgan fingerprint density at radius 1 is 1.04 bits per heavy atom. The normalized spacial score (nSPS) is 25.7. The number of amides is 1. The molecule has 0 aromatic heterocycles. The van der Waals surface area contributed by atoms with Crippen molar-refractivity contribution in [3.8, 4) is 0 Å². The highest BCUT2D eigenvalue weighted by Crippen LogP contribution is 2.52. The number of hydrogen-bond donors (Lipinski definition) is 0. The van der Waals surface area contributed by atoms with Gasteiger partial charge in [0.15, 0.2) is 6.10 Å². The molecular weight excluding hydrogens is 298 g/mol. The molecule has 1 amide bonds. The molecule has 1 saturated heterocycles. The summed E-state index contributed by atoms with van der Waals surface area (Å²) in [6.45, 7) is 6.78. The van der Waals surface area contributed by atoms with E-state index >= 15 is 0 Å². The number of carbonyl (C=O) groups is 1. The fourth-order valence-corrected chi connectivity index (χ4v) is 4.13. The zero-order chi connectivity index (χ0) is 16.9. The molecule has 2 heterocycles. The van der Waals surface area contributed by atoms with Gasteiger partial charge in [0, 0.05) is 6.54 Å². The van der Waals surface area contributed by atoms with Crippen molar-refractivity contribution in [2.45, 2.75) is 44.4 Å². The van der Waals surface area contributed by atoms with Crippen LogP contribution in [0.3, 0.4) is 0 Å². The number of nitrogens with zero attached hydrogens (tertiary/aromatic N) is 1. The topological polar surface area (TPSA) is 29.5 Å². The van der Waals surface area contributed by atoms with Crippen molar-refractivity contribution in [1.29, 1.82) is 0 Å². The summed E-state index contributed by atoms with van der Waals surface area (Å²) >= 11 is 0. The van der Waals surface area contributed by atoms with Gasteiger partial charge in [-0.15, -0.1) is 0 Å². The van der Waals surface area contributed by atoms with Gasteiger partial charge in [-0.1, -0.05) is 54.6 Å². The van der Waals surface area contributed by atoms with Crippen LogP contribution in [-0.4, -0.2) is 29.1 Å². The Morgan fingerprint density at radius 3 is 2.42 bits per heavy atom. The number of carbonyl (C=O) groups excluding carboxylic acids is 1. The molecule has 0 bridgehead atoms. The van der Waals surface area contributed by atoms with Gasteiger partial charge in [-0.05, 0) is 43.9 Å². The second-order valence-electron chi connectivity index (χ2n) is 7.64. The lowest BCUT2D eigenvalue weighted by atomic mass is 9.66. The predicted octanol–water partition coefficient (Wildman–Crippen LogP) is 3.51. The first-order chi connectivity index (χ1) is 11.4. The molecule has 4 rings (SSSR count). The van der Waals surface area contributed by atoms with E-state index in [1.165, 1.54) is 11.1 Å². The van der Waals surface area contributed by atoms with E-state index in [0.29, 0.717) is 0 Å². The largest absolute Gasteiger partial charge is 0.360 e. The molecular formula is C21H23NO2. The molecule has 1 fully saturated rings. The minimum Gasteiger partial charge on any atom is -0.360 e. The van der Waals surface area contributed by atoms with Crippen LogP contribution in [0.4, 0.5) is 0 Å². The van der Waals surface area contributed by atoms with Crippen LogP contribution in [0, 0.1) is 0 Å². The maximum Gasteiger partial charge on any atom is 0.256 e. The maximum absolute atomic E-state index is 12.9. The molecule has 2 unspecified atom stereocenters. The van der Waals surface area contributed by atoms with Gasteiger partial charge >= 0.3 is 0 Å². The predicted molar refractivity (Wildman–Crippen MR) is 93.7 cm³/mol. The lowest BCUT2D eigenvalue weighted by Gasteiger charge is -2.61. The zero-order valence-corrected chi connectivity index (χ0v) is 14.5. The quantitative estimate of drug-likeness (QED) is 0.792. The van der Waals surface area contributed by atoms with Gasteiger partial charge in [-0.3, -0.25) is 4.79 Å². The molecule has 24 heavy (non-hydrogen) atoms. The van der Waals surface area contributed by atoms with E-state index in [1.807, 2.05) is 43.9 Å². The standard InChI is InChI=1S/C21H23NO2/c1-20(2,3)24-18-19(23)22-14-13-15-9-7-8-12-17(15)21(18,22)16-10-5-4-6-11-16/h4-12,18H,13-14H2,1-3H3. The van der Waals surface area contributed by atoms with Gasteiger partial charge in [-0.25, -0.2) is 0 Å². The van der Waals surface area contributed by atoms with Crippen LogP contribution in [0.5, 0.6) is 0 Å². The third kappa shape index (κ3) is 2.04. The van der Waals surface area contributed by atoms with Gasteiger partial charge < -0.3 is 9.64 Å². The number of hydrogen-bond acceptors (Lipinski definition) is 2. The lowest BCUT2D eigenvalue weighted by molar-refractivity contribution is -0.209. The minimum absolute atomic E-state index is 0.100. The first-order valence-corrected chi connectivity index (χ1v) is 8.58. The van der Waals surface area contributed by atoms with Crippen LogP contribution < -0.4 is 0 Å². The van der Waals surface area contributed by atoms with Crippen LogP contribution in [0.25, 0.3) is 0 Å². The molecule has 124 valence electrons. The van der Waals surface area contributed by atoms with E-state index in [0.717, 1.165) is 18.5 Å². The van der Waals surface area contributed by atoms with Crippen molar-refractivity contribution in [1.82, 2.24) is 4.90 Å². The molecule has 2 aromatic rings. The highest BCUT2D eigenvalue weighted by atomic mass is 16.5. The summed E-state index contributed by atoms with van der Waals surface area (Å²) in [5.74, 6) is 0.100. The van der Waals surface area contributed by atoms with Crippen molar-refractivity contribution in [2.24, 2.45) is 0 Å². The van der Waals surface area contributed by atoms with E-state index in [1.54, 1.807) is 0 Å². The summed E-state index contributed by atoms with van der Waals surface area (Å²) in [6, 6.07) is 18.8. The average Bonchev–Trinajstić information content (AvgIpc) is 2.58. The summed E-state index contributed by atoms with van der Waals surface area (Å²) < 4.78 is 6.28. The Labute approximate surface area is 143 Å². The molecule has 2 aromatic carbocycles. The van der Waals surface area contributed by atoms with Gasteiger partial charge in [-0.2, -0.15) is 0 Å². The van der Waals surface area contributed by atoms with Crippen LogP contribution in [-0.2, 0) is 21.5 Å². The second-order valence-corrected chi connectivity index (χ2v) is 7.64. The van der Waals surface area contributed by atoms with E-state index in [2.05, 4.69) is 36.4 Å². The van der Waals surface area contributed by atoms with E-state index in [-0.39, 0.29) is 11.5 Å². The van der Waals surface area contributed by atoms with Crippen molar-refractivity contribution in [2.75, 3.05) is 6.54 Å². The number of fused-ring (bicyclic) bond motifs is 3. The molecule has 2 aliphatic heterocycles. The highest BCUT2D eigenvalue weighted by molar-refractivity contribution is 5.93. The summed E-state index contributed by atoms with van der Waals surface area (Å²) in [5.41, 5.74) is 2.77. The van der Waals surface area contributed by atoms with Gasteiger partial charge in [0.05, 0.1) is 5.60 Å². The summed E-state index contributed by atoms with van der Waals surface area (Å²) in [6.07, 6.45) is 0.431. The zero-order valence-electron chi connectivity index (χ0n) is 14.5. The number of benzene rings is 2. The second kappa shape index (κ2) is 5.18. The van der Waals surface area contributed by atoms with E-state index in [4.69, 9.17) is 4.74 Å².